The number of hydrogen-bond donors (Lipinski definition) is 6. The number of rotatable bonds is 18. The molecule has 0 fully saturated rings. The first-order chi connectivity index (χ1) is 38.5. The summed E-state index contributed by atoms with van der Waals surface area (Å²) in [5, 5.41) is 16.3. The Hall–Kier alpha value is -8.16. The molecule has 5 rings (SSSR count). The Labute approximate surface area is 482 Å². The van der Waals surface area contributed by atoms with Crippen LogP contribution in [0.2, 0.25) is 0 Å². The molecule has 1 aliphatic heterocycles. The minimum Gasteiger partial charge on any atom is -0.491 e. The van der Waals surface area contributed by atoms with Crippen molar-refractivity contribution in [3.8, 4) is 33.8 Å². The van der Waals surface area contributed by atoms with Crippen molar-refractivity contribution in [2.24, 2.45) is 0 Å². The fraction of sp³-hybridized carbons (Fsp3) is 0.484. The van der Waals surface area contributed by atoms with Crippen LogP contribution in [0.3, 0.4) is 0 Å². The maximum absolute atomic E-state index is 14.6. The molecule has 1 heterocycles. The smallest absolute Gasteiger partial charge is 0.407 e. The summed E-state index contributed by atoms with van der Waals surface area (Å²) in [5.74, 6) is -2.05. The Kier molecular flexibility index (Phi) is 24.8. The number of amides is 7. The van der Waals surface area contributed by atoms with Crippen molar-refractivity contribution in [2.45, 2.75) is 151 Å². The minimum absolute atomic E-state index is 0.00226. The van der Waals surface area contributed by atoms with Gasteiger partial charge in [-0.05, 0) is 154 Å². The van der Waals surface area contributed by atoms with E-state index in [0.29, 0.717) is 52.3 Å². The summed E-state index contributed by atoms with van der Waals surface area (Å²) in [4.78, 5) is 106. The summed E-state index contributed by atoms with van der Waals surface area (Å²) in [7, 11) is 1.42. The molecule has 0 aliphatic carbocycles. The first-order valence-electron chi connectivity index (χ1n) is 27.7. The Bertz CT molecular complexity index is 2830. The van der Waals surface area contributed by atoms with Gasteiger partial charge in [-0.15, -0.1) is 0 Å². The molecule has 3 atom stereocenters. The molecule has 4 aromatic rings. The highest BCUT2D eigenvalue weighted by Gasteiger charge is 2.34. The minimum atomic E-state index is -1.38. The molecule has 0 radical (unpaired) electrons. The van der Waals surface area contributed by atoms with Crippen LogP contribution in [0.25, 0.3) is 22.3 Å². The summed E-state index contributed by atoms with van der Waals surface area (Å²) >= 11 is 0. The lowest BCUT2D eigenvalue weighted by Gasteiger charge is -2.30. The highest BCUT2D eigenvalue weighted by molar-refractivity contribution is 5.98. The van der Waals surface area contributed by atoms with Gasteiger partial charge in [0.15, 0.2) is 5.78 Å². The number of carbonyl (C=O) groups is 8. The maximum Gasteiger partial charge on any atom is 0.407 e. The third-order valence-electron chi connectivity index (χ3n) is 12.0. The van der Waals surface area contributed by atoms with E-state index in [-0.39, 0.29) is 51.0 Å². The van der Waals surface area contributed by atoms with Crippen LogP contribution < -0.4 is 41.4 Å². The summed E-state index contributed by atoms with van der Waals surface area (Å²) in [6, 6.07) is 21.6. The summed E-state index contributed by atoms with van der Waals surface area (Å²) in [6.07, 6.45) is 0.146. The molecule has 6 N–H and O–H groups in total. The van der Waals surface area contributed by atoms with Crippen molar-refractivity contribution in [3.63, 3.8) is 0 Å². The van der Waals surface area contributed by atoms with E-state index in [9.17, 15) is 38.4 Å². The molecule has 82 heavy (non-hydrogen) atoms. The van der Waals surface area contributed by atoms with Gasteiger partial charge in [0.05, 0.1) is 25.7 Å². The first-order valence-corrected chi connectivity index (χ1v) is 27.7. The number of nitrogens with one attached hydrogen (secondary N) is 6. The van der Waals surface area contributed by atoms with E-state index >= 15 is 0 Å². The van der Waals surface area contributed by atoms with E-state index in [1.807, 2.05) is 77.9 Å². The summed E-state index contributed by atoms with van der Waals surface area (Å²) in [6.45, 7) is 23.7. The average Bonchev–Trinajstić information content (AvgIpc) is 3.60. The zero-order valence-corrected chi connectivity index (χ0v) is 50.1. The quantitative estimate of drug-likeness (QED) is 0.0402. The van der Waals surface area contributed by atoms with Crippen LogP contribution in [-0.4, -0.2) is 128 Å². The van der Waals surface area contributed by atoms with Crippen molar-refractivity contribution >= 4 is 47.7 Å². The van der Waals surface area contributed by atoms with Gasteiger partial charge in [0.2, 0.25) is 17.7 Å². The zero-order chi connectivity index (χ0) is 61.0. The molecule has 4 bridgehead atoms. The lowest BCUT2D eigenvalue weighted by atomic mass is 9.92. The molecular formula is C62H85N7O13. The SMILES string of the molecule is CCCC(=O)C1Cc2ccc(OCCNC(=O)OC(C)(C)C)c(c2)-c2cc(ccc2OCCNC(=O)OC(C)(C)C)C(N(C)C(=O)CNC(=O)c2ccc(-c3ccc(C)cc3)cc2)C(=O)N[C@@H](C)C(=O)N1.CCCNC(=O)OC(C)(C)C. The summed E-state index contributed by atoms with van der Waals surface area (Å²) in [5.41, 5.74) is 3.31. The van der Waals surface area contributed by atoms with Gasteiger partial charge in [0.1, 0.15) is 53.6 Å². The molecule has 2 unspecified atom stereocenters. The Morgan fingerprint density at radius 3 is 1.59 bits per heavy atom. The number of benzene rings is 4. The second-order valence-electron chi connectivity index (χ2n) is 22.8. The largest absolute Gasteiger partial charge is 0.491 e. The third-order valence-corrected chi connectivity index (χ3v) is 12.0. The highest BCUT2D eigenvalue weighted by Crippen LogP contribution is 2.40. The molecule has 20 heteroatoms. The van der Waals surface area contributed by atoms with Crippen molar-refractivity contribution in [1.82, 2.24) is 36.8 Å². The normalized spacial score (nSPS) is 15.3. The van der Waals surface area contributed by atoms with Gasteiger partial charge in [-0.1, -0.05) is 67.9 Å². The van der Waals surface area contributed by atoms with Crippen molar-refractivity contribution in [2.75, 3.05) is 46.4 Å². The van der Waals surface area contributed by atoms with E-state index in [1.165, 1.54) is 18.9 Å². The van der Waals surface area contributed by atoms with E-state index in [0.717, 1.165) is 23.1 Å². The lowest BCUT2D eigenvalue weighted by Crippen LogP contribution is -2.53. The van der Waals surface area contributed by atoms with Crippen LogP contribution in [0.15, 0.2) is 84.9 Å². The zero-order valence-electron chi connectivity index (χ0n) is 50.1. The molecule has 4 aromatic carbocycles. The number of alkyl carbamates (subject to hydrolysis) is 3. The number of Topliss-reactive ketones (excluding diaryl/α,β-unsaturated/α-hetero) is 1. The predicted molar refractivity (Wildman–Crippen MR) is 313 cm³/mol. The van der Waals surface area contributed by atoms with Crippen molar-refractivity contribution in [1.29, 1.82) is 0 Å². The number of likely N-dealkylation sites (N-methyl/N-ethyl adjacent to an activating group) is 1. The molecular weight excluding hydrogens is 1050 g/mol. The molecule has 0 aromatic heterocycles. The number of ether oxygens (including phenoxy) is 5. The molecule has 1 aliphatic rings. The van der Waals surface area contributed by atoms with E-state index in [4.69, 9.17) is 23.7 Å². The molecule has 7 amide bonds. The topological polar surface area (TPSA) is 258 Å². The van der Waals surface area contributed by atoms with Crippen LogP contribution >= 0.6 is 0 Å². The van der Waals surface area contributed by atoms with Crippen LogP contribution in [-0.2, 0) is 39.8 Å². The van der Waals surface area contributed by atoms with Gasteiger partial charge in [-0.2, -0.15) is 0 Å². The number of nitrogens with zero attached hydrogens (tertiary/aromatic N) is 1. The Morgan fingerprint density at radius 2 is 1.09 bits per heavy atom. The van der Waals surface area contributed by atoms with Crippen LogP contribution in [0.5, 0.6) is 11.5 Å². The fourth-order valence-electron chi connectivity index (χ4n) is 8.09. The van der Waals surface area contributed by atoms with Gasteiger partial charge in [-0.25, -0.2) is 14.4 Å². The summed E-state index contributed by atoms with van der Waals surface area (Å²) < 4.78 is 28.4. The Balaban J connectivity index is 0.00000118. The van der Waals surface area contributed by atoms with Crippen molar-refractivity contribution in [3.05, 3.63) is 107 Å². The van der Waals surface area contributed by atoms with Gasteiger partial charge in [0.25, 0.3) is 5.91 Å². The van der Waals surface area contributed by atoms with Crippen molar-refractivity contribution < 1.29 is 62.0 Å². The average molecular weight is 1140 g/mol. The standard InChI is InChI=1S/C54H68N6O11.C8H17NO2/c1-11-12-43(61)42-30-35-15-23-44(68-27-25-55-51(66)70-53(4,5)6)40(29-35)41-31-39(22-24-45(41)69-28-26-56-52(67)71-54(7,8)9)47(50(65)58-34(3)48(63)59-42)60(10)46(62)32-57-49(64)38-20-18-37(19-21-38)36-16-13-33(2)14-17-36;1-5-6-9-7(10)11-8(2,3)4/h13-24,29,31,34,42,47H,11-12,25-28,30,32H2,1-10H3,(H,55,66)(H,56,67)(H,57,64)(H,58,65)(H,59,63);5-6H2,1-4H3,(H,9,10)/t34-,42?,47?;/m0./s1. The second-order valence-corrected chi connectivity index (χ2v) is 22.8. The van der Waals surface area contributed by atoms with Crippen LogP contribution in [0.1, 0.15) is 135 Å². The van der Waals surface area contributed by atoms with E-state index in [2.05, 4.69) is 31.9 Å². The van der Waals surface area contributed by atoms with Gasteiger partial charge < -0.3 is 60.5 Å². The number of aryl methyl sites for hydroxylation is 1. The molecule has 20 nitrogen and oxygen atoms in total. The number of carbonyl (C=O) groups excluding carboxylic acids is 8. The van der Waals surface area contributed by atoms with Crippen LogP contribution in [0.4, 0.5) is 14.4 Å². The van der Waals surface area contributed by atoms with E-state index < -0.39 is 77.3 Å². The molecule has 0 saturated carbocycles. The lowest BCUT2D eigenvalue weighted by molar-refractivity contribution is -0.139. The van der Waals surface area contributed by atoms with Crippen LogP contribution in [0, 0.1) is 6.92 Å². The number of fused-ring (bicyclic) bond motifs is 5. The number of ketones is 1. The first kappa shape index (κ1) is 66.4. The fourth-order valence-corrected chi connectivity index (χ4v) is 8.09. The predicted octanol–water partition coefficient (Wildman–Crippen LogP) is 8.90. The van der Waals surface area contributed by atoms with E-state index in [1.54, 1.807) is 90.1 Å². The highest BCUT2D eigenvalue weighted by atomic mass is 16.6. The van der Waals surface area contributed by atoms with Gasteiger partial charge >= 0.3 is 18.3 Å². The molecule has 0 saturated heterocycles. The monoisotopic (exact) mass is 1140 g/mol. The number of hydrogen-bond acceptors (Lipinski definition) is 13. The van der Waals surface area contributed by atoms with Gasteiger partial charge in [0, 0.05) is 36.7 Å². The second kappa shape index (κ2) is 30.6. The molecule has 446 valence electrons. The maximum atomic E-state index is 14.6. The third kappa shape index (κ3) is 22.4. The van der Waals surface area contributed by atoms with Gasteiger partial charge in [-0.3, -0.25) is 24.0 Å². The Morgan fingerprint density at radius 1 is 0.598 bits per heavy atom. The molecule has 0 spiro atoms.